The van der Waals surface area contributed by atoms with Gasteiger partial charge in [0.2, 0.25) is 0 Å². The third kappa shape index (κ3) is 2.98. The molecule has 128 valence electrons. The van der Waals surface area contributed by atoms with E-state index in [1.807, 2.05) is 12.1 Å². The Morgan fingerprint density at radius 1 is 1.28 bits per heavy atom. The summed E-state index contributed by atoms with van der Waals surface area (Å²) in [6, 6.07) is 6.97. The number of carbonyl (C=O) groups is 1. The van der Waals surface area contributed by atoms with Crippen molar-refractivity contribution < 1.29 is 4.79 Å². The van der Waals surface area contributed by atoms with E-state index < -0.39 is 0 Å². The Balaban J connectivity index is 1.44. The summed E-state index contributed by atoms with van der Waals surface area (Å²) in [5, 5.41) is 7.80. The monoisotopic (exact) mass is 338 g/mol. The molecule has 1 atom stereocenters. The van der Waals surface area contributed by atoms with Gasteiger partial charge in [0.1, 0.15) is 5.82 Å². The molecule has 4 heterocycles. The number of aryl methyl sites for hydroxylation is 1. The zero-order valence-corrected chi connectivity index (χ0v) is 13.8. The lowest BCUT2D eigenvalue weighted by Gasteiger charge is -2.17. The van der Waals surface area contributed by atoms with Crippen LogP contribution in [0, 0.1) is 0 Å². The Hall–Kier alpha value is -3.16. The van der Waals surface area contributed by atoms with Crippen molar-refractivity contribution in [1.29, 1.82) is 0 Å². The summed E-state index contributed by atoms with van der Waals surface area (Å²) in [6.45, 7) is 1.23. The SMILES string of the molecule is Cn1ccc(C(=O)N2CCC(Nc3ccc4nccn4n3)C2)cc1=O. The largest absolute Gasteiger partial charge is 0.364 e. The van der Waals surface area contributed by atoms with Gasteiger partial charge in [0.05, 0.1) is 0 Å². The summed E-state index contributed by atoms with van der Waals surface area (Å²) in [7, 11) is 1.66. The van der Waals surface area contributed by atoms with Crippen molar-refractivity contribution in [2.75, 3.05) is 18.4 Å². The molecule has 1 N–H and O–H groups in total. The normalized spacial score (nSPS) is 17.2. The zero-order chi connectivity index (χ0) is 17.4. The highest BCUT2D eigenvalue weighted by atomic mass is 16.2. The van der Waals surface area contributed by atoms with Gasteiger partial charge in [-0.2, -0.15) is 0 Å². The zero-order valence-electron chi connectivity index (χ0n) is 13.8. The fourth-order valence-electron chi connectivity index (χ4n) is 3.03. The first-order chi connectivity index (χ1) is 12.1. The smallest absolute Gasteiger partial charge is 0.254 e. The minimum absolute atomic E-state index is 0.111. The van der Waals surface area contributed by atoms with Gasteiger partial charge in [-0.1, -0.05) is 0 Å². The molecule has 4 rings (SSSR count). The second-order valence-corrected chi connectivity index (χ2v) is 6.19. The fraction of sp³-hybridized carbons (Fsp3) is 0.294. The van der Waals surface area contributed by atoms with E-state index in [-0.39, 0.29) is 17.5 Å². The number of amides is 1. The molecule has 0 bridgehead atoms. The number of aromatic nitrogens is 4. The van der Waals surface area contributed by atoms with Crippen LogP contribution in [0.4, 0.5) is 5.82 Å². The molecule has 1 aliphatic heterocycles. The van der Waals surface area contributed by atoms with Gasteiger partial charge in [-0.05, 0) is 24.6 Å². The number of hydrogen-bond acceptors (Lipinski definition) is 5. The number of nitrogens with zero attached hydrogens (tertiary/aromatic N) is 5. The van der Waals surface area contributed by atoms with Crippen LogP contribution in [0.3, 0.4) is 0 Å². The van der Waals surface area contributed by atoms with Crippen molar-refractivity contribution in [2.24, 2.45) is 7.05 Å². The van der Waals surface area contributed by atoms with Crippen molar-refractivity contribution >= 4 is 17.4 Å². The highest BCUT2D eigenvalue weighted by molar-refractivity contribution is 5.94. The van der Waals surface area contributed by atoms with Gasteiger partial charge in [-0.3, -0.25) is 9.59 Å². The highest BCUT2D eigenvalue weighted by Crippen LogP contribution is 2.17. The number of pyridine rings is 1. The number of likely N-dealkylation sites (tertiary alicyclic amines) is 1. The van der Waals surface area contributed by atoms with Crippen molar-refractivity contribution in [3.8, 4) is 0 Å². The summed E-state index contributed by atoms with van der Waals surface area (Å²) in [6.07, 6.45) is 5.94. The topological polar surface area (TPSA) is 84.5 Å². The Kier molecular flexibility index (Phi) is 3.72. The second kappa shape index (κ2) is 6.04. The lowest BCUT2D eigenvalue weighted by Crippen LogP contribution is -2.32. The van der Waals surface area contributed by atoms with E-state index in [1.165, 1.54) is 10.6 Å². The van der Waals surface area contributed by atoms with E-state index in [0.29, 0.717) is 18.7 Å². The van der Waals surface area contributed by atoms with Crippen molar-refractivity contribution in [1.82, 2.24) is 24.1 Å². The Morgan fingerprint density at radius 3 is 3.00 bits per heavy atom. The average molecular weight is 338 g/mol. The molecule has 3 aromatic heterocycles. The summed E-state index contributed by atoms with van der Waals surface area (Å²) < 4.78 is 3.16. The van der Waals surface area contributed by atoms with Crippen molar-refractivity contribution in [2.45, 2.75) is 12.5 Å². The summed E-state index contributed by atoms with van der Waals surface area (Å²) >= 11 is 0. The maximum absolute atomic E-state index is 12.6. The Morgan fingerprint density at radius 2 is 2.16 bits per heavy atom. The number of fused-ring (bicyclic) bond motifs is 1. The van der Waals surface area contributed by atoms with Gasteiger partial charge in [0, 0.05) is 56.4 Å². The van der Waals surface area contributed by atoms with E-state index in [1.54, 1.807) is 41.1 Å². The third-order valence-electron chi connectivity index (χ3n) is 4.43. The molecule has 0 spiro atoms. The average Bonchev–Trinajstić information content (AvgIpc) is 3.25. The molecule has 1 saturated heterocycles. The van der Waals surface area contributed by atoms with Gasteiger partial charge in [-0.25, -0.2) is 9.50 Å². The Bertz CT molecular complexity index is 992. The summed E-state index contributed by atoms with van der Waals surface area (Å²) in [5.41, 5.74) is 1.04. The molecule has 3 aromatic rings. The maximum atomic E-state index is 12.6. The molecular formula is C17H18N6O2. The van der Waals surface area contributed by atoms with E-state index in [4.69, 9.17) is 0 Å². The van der Waals surface area contributed by atoms with Crippen LogP contribution < -0.4 is 10.9 Å². The lowest BCUT2D eigenvalue weighted by molar-refractivity contribution is 0.0791. The third-order valence-corrected chi connectivity index (χ3v) is 4.43. The summed E-state index contributed by atoms with van der Waals surface area (Å²) in [4.78, 5) is 30.2. The second-order valence-electron chi connectivity index (χ2n) is 6.19. The maximum Gasteiger partial charge on any atom is 0.254 e. The molecule has 1 aliphatic rings. The van der Waals surface area contributed by atoms with E-state index in [2.05, 4.69) is 15.4 Å². The van der Waals surface area contributed by atoms with Crippen LogP contribution in [-0.2, 0) is 7.05 Å². The van der Waals surface area contributed by atoms with Crippen LogP contribution in [-0.4, -0.2) is 49.1 Å². The number of rotatable bonds is 3. The molecule has 25 heavy (non-hydrogen) atoms. The quantitative estimate of drug-likeness (QED) is 0.762. The van der Waals surface area contributed by atoms with Crippen LogP contribution in [0.2, 0.25) is 0 Å². The van der Waals surface area contributed by atoms with E-state index >= 15 is 0 Å². The van der Waals surface area contributed by atoms with Gasteiger partial charge in [-0.15, -0.1) is 5.10 Å². The first-order valence-electron chi connectivity index (χ1n) is 8.13. The van der Waals surface area contributed by atoms with Crippen LogP contribution in [0.25, 0.3) is 5.65 Å². The van der Waals surface area contributed by atoms with Gasteiger partial charge in [0.25, 0.3) is 11.5 Å². The molecule has 1 unspecified atom stereocenters. The molecule has 0 saturated carbocycles. The minimum Gasteiger partial charge on any atom is -0.364 e. The number of anilines is 1. The first kappa shape index (κ1) is 15.4. The van der Waals surface area contributed by atoms with Crippen LogP contribution in [0.1, 0.15) is 16.8 Å². The van der Waals surface area contributed by atoms with Crippen LogP contribution in [0.15, 0.2) is 47.7 Å². The predicted octanol–water partition coefficient (Wildman–Crippen LogP) is 0.755. The minimum atomic E-state index is -0.183. The number of hydrogen-bond donors (Lipinski definition) is 1. The van der Waals surface area contributed by atoms with E-state index in [9.17, 15) is 9.59 Å². The molecular weight excluding hydrogens is 320 g/mol. The van der Waals surface area contributed by atoms with Gasteiger partial charge in [0.15, 0.2) is 5.65 Å². The highest BCUT2D eigenvalue weighted by Gasteiger charge is 2.27. The molecule has 1 fully saturated rings. The first-order valence-corrected chi connectivity index (χ1v) is 8.13. The number of nitrogens with one attached hydrogen (secondary N) is 1. The molecule has 1 amide bonds. The molecule has 0 aromatic carbocycles. The predicted molar refractivity (Wildman–Crippen MR) is 92.6 cm³/mol. The van der Waals surface area contributed by atoms with Gasteiger partial charge < -0.3 is 14.8 Å². The fourth-order valence-corrected chi connectivity index (χ4v) is 3.03. The summed E-state index contributed by atoms with van der Waals surface area (Å²) in [5.74, 6) is 0.637. The standard InChI is InChI=1S/C17H18N6O2/c1-21-7-4-12(10-16(21)24)17(25)22-8-5-13(11-22)19-14-2-3-15-18-6-9-23(15)20-14/h2-4,6-7,9-10,13H,5,8,11H2,1H3,(H,19,20). The lowest BCUT2D eigenvalue weighted by atomic mass is 10.2. The molecule has 8 heteroatoms. The van der Waals surface area contributed by atoms with Gasteiger partial charge >= 0.3 is 0 Å². The number of carbonyl (C=O) groups excluding carboxylic acids is 1. The van der Waals surface area contributed by atoms with Crippen LogP contribution in [0.5, 0.6) is 0 Å². The van der Waals surface area contributed by atoms with Crippen molar-refractivity contribution in [3.63, 3.8) is 0 Å². The molecule has 8 nitrogen and oxygen atoms in total. The van der Waals surface area contributed by atoms with Crippen molar-refractivity contribution in [3.05, 3.63) is 58.8 Å². The molecule has 0 radical (unpaired) electrons. The molecule has 0 aliphatic carbocycles. The Labute approximate surface area is 143 Å². The number of imidazole rings is 1. The van der Waals surface area contributed by atoms with Crippen LogP contribution >= 0.6 is 0 Å². The van der Waals surface area contributed by atoms with E-state index in [0.717, 1.165) is 17.9 Å².